The molecule has 0 spiro atoms. The number of carbonyl (C=O) groups excluding carboxylic acids is 1. The van der Waals surface area contributed by atoms with Crippen molar-refractivity contribution in [1.29, 1.82) is 0 Å². The number of nitrogens with two attached hydrogens (primary N) is 1. The largest absolute Gasteiger partial charge is 0.396 e. The van der Waals surface area contributed by atoms with E-state index in [-0.39, 0.29) is 26.7 Å². The van der Waals surface area contributed by atoms with Gasteiger partial charge < -0.3 is 15.7 Å². The Kier molecular flexibility index (Phi) is 4.90. The molecule has 2 rings (SSSR count). The second-order valence-electron chi connectivity index (χ2n) is 6.49. The van der Waals surface area contributed by atoms with Crippen LogP contribution in [0.3, 0.4) is 0 Å². The molecule has 0 saturated carbocycles. The first-order valence-corrected chi connectivity index (χ1v) is 7.78. The lowest BCUT2D eigenvalue weighted by molar-refractivity contribution is 0.0704. The summed E-state index contributed by atoms with van der Waals surface area (Å²) >= 11 is 11.7. The van der Waals surface area contributed by atoms with Crippen molar-refractivity contribution >= 4 is 34.8 Å². The molecule has 1 amide bonds. The van der Waals surface area contributed by atoms with Gasteiger partial charge in [0.05, 0.1) is 22.4 Å². The Hall–Kier alpha value is -1.04. The third kappa shape index (κ3) is 3.47. The van der Waals surface area contributed by atoms with Gasteiger partial charge in [-0.15, -0.1) is 0 Å². The first-order valence-electron chi connectivity index (χ1n) is 7.02. The van der Waals surface area contributed by atoms with Crippen LogP contribution in [-0.4, -0.2) is 35.1 Å². The van der Waals surface area contributed by atoms with Crippen LogP contribution < -0.4 is 5.73 Å². The van der Waals surface area contributed by atoms with E-state index in [0.29, 0.717) is 25.9 Å². The summed E-state index contributed by atoms with van der Waals surface area (Å²) in [6.45, 7) is 4.77. The summed E-state index contributed by atoms with van der Waals surface area (Å²) in [5.41, 5.74) is 5.26. The van der Waals surface area contributed by atoms with Gasteiger partial charge in [-0.05, 0) is 24.3 Å². The average molecular weight is 349 g/mol. The molecule has 1 fully saturated rings. The maximum absolute atomic E-state index is 13.8. The van der Waals surface area contributed by atoms with Gasteiger partial charge in [-0.3, -0.25) is 4.79 Å². The highest BCUT2D eigenvalue weighted by molar-refractivity contribution is 6.40. The van der Waals surface area contributed by atoms with E-state index in [9.17, 15) is 14.3 Å². The highest BCUT2D eigenvalue weighted by Gasteiger charge is 2.33. The first-order chi connectivity index (χ1) is 10.1. The number of hydrogen-bond acceptors (Lipinski definition) is 3. The van der Waals surface area contributed by atoms with Crippen molar-refractivity contribution in [2.24, 2.45) is 5.41 Å². The van der Waals surface area contributed by atoms with Gasteiger partial charge in [0.2, 0.25) is 0 Å². The van der Waals surface area contributed by atoms with E-state index in [0.717, 1.165) is 6.07 Å². The molecule has 1 unspecified atom stereocenters. The van der Waals surface area contributed by atoms with Gasteiger partial charge in [-0.1, -0.05) is 37.0 Å². The fraction of sp³-hybridized carbons (Fsp3) is 0.533. The van der Waals surface area contributed by atoms with E-state index in [4.69, 9.17) is 28.9 Å². The molecule has 1 saturated heterocycles. The number of halogens is 3. The predicted molar refractivity (Wildman–Crippen MR) is 85.8 cm³/mol. The number of anilines is 1. The molecule has 1 heterocycles. The number of hydrogen-bond donors (Lipinski definition) is 2. The molecule has 22 heavy (non-hydrogen) atoms. The Morgan fingerprint density at radius 1 is 1.45 bits per heavy atom. The van der Waals surface area contributed by atoms with Gasteiger partial charge in [0.25, 0.3) is 5.91 Å². The lowest BCUT2D eigenvalue weighted by Gasteiger charge is -2.30. The maximum Gasteiger partial charge on any atom is 0.255 e. The van der Waals surface area contributed by atoms with Crippen LogP contribution in [0.2, 0.25) is 10.0 Å². The third-order valence-corrected chi connectivity index (χ3v) is 4.64. The van der Waals surface area contributed by atoms with Gasteiger partial charge >= 0.3 is 0 Å². The minimum absolute atomic E-state index is 0.00624. The van der Waals surface area contributed by atoms with Crippen LogP contribution in [0.5, 0.6) is 0 Å². The molecular weight excluding hydrogens is 330 g/mol. The molecule has 0 aromatic heterocycles. The van der Waals surface area contributed by atoms with E-state index < -0.39 is 17.8 Å². The number of benzene rings is 1. The van der Waals surface area contributed by atoms with E-state index in [1.165, 1.54) is 0 Å². The number of nitrogen functional groups attached to an aromatic ring is 1. The van der Waals surface area contributed by atoms with Gasteiger partial charge in [-0.25, -0.2) is 4.39 Å². The predicted octanol–water partition coefficient (Wildman–Crippen LogP) is 3.34. The zero-order chi connectivity index (χ0) is 16.7. The first kappa shape index (κ1) is 17.3. The SMILES string of the molecule is CC1(C)CC(O)CCN(C(=O)c2cc(F)c(Cl)c(N)c2Cl)C1. The van der Waals surface area contributed by atoms with Gasteiger partial charge in [0, 0.05) is 13.1 Å². The Labute approximate surface area is 139 Å². The van der Waals surface area contributed by atoms with Crippen LogP contribution >= 0.6 is 23.2 Å². The minimum atomic E-state index is -0.777. The second-order valence-corrected chi connectivity index (χ2v) is 7.24. The molecule has 0 aliphatic carbocycles. The molecule has 4 nitrogen and oxygen atoms in total. The molecule has 7 heteroatoms. The van der Waals surface area contributed by atoms with Gasteiger partial charge in [0.15, 0.2) is 0 Å². The highest BCUT2D eigenvalue weighted by Crippen LogP contribution is 2.35. The number of rotatable bonds is 1. The molecular formula is C15H19Cl2FN2O2. The van der Waals surface area contributed by atoms with Crippen LogP contribution in [0.1, 0.15) is 37.0 Å². The number of aliphatic hydroxyl groups excluding tert-OH is 1. The Morgan fingerprint density at radius 3 is 2.73 bits per heavy atom. The van der Waals surface area contributed by atoms with E-state index in [1.807, 2.05) is 13.8 Å². The average Bonchev–Trinajstić information content (AvgIpc) is 2.57. The van der Waals surface area contributed by atoms with Gasteiger partial charge in [0.1, 0.15) is 10.8 Å². The van der Waals surface area contributed by atoms with E-state index in [1.54, 1.807) is 4.90 Å². The Balaban J connectivity index is 2.36. The zero-order valence-electron chi connectivity index (χ0n) is 12.5. The highest BCUT2D eigenvalue weighted by atomic mass is 35.5. The summed E-state index contributed by atoms with van der Waals surface area (Å²) in [5, 5.41) is 9.59. The van der Waals surface area contributed by atoms with Crippen molar-refractivity contribution in [3.8, 4) is 0 Å². The number of aliphatic hydroxyl groups is 1. The standard InChI is InChI=1S/C15H19Cl2FN2O2/c1-15(2)6-8(21)3-4-20(7-15)14(22)9-5-10(18)12(17)13(19)11(9)16/h5,8,21H,3-4,6-7,19H2,1-2H3. The third-order valence-electron chi connectivity index (χ3n) is 3.85. The second kappa shape index (κ2) is 6.22. The topological polar surface area (TPSA) is 66.6 Å². The van der Waals surface area contributed by atoms with Crippen LogP contribution in [0, 0.1) is 11.2 Å². The summed E-state index contributed by atoms with van der Waals surface area (Å²) in [6, 6.07) is 1.01. The smallest absolute Gasteiger partial charge is 0.255 e. The van der Waals surface area contributed by atoms with Crippen LogP contribution in [0.25, 0.3) is 0 Å². The molecule has 1 aromatic rings. The van der Waals surface area contributed by atoms with E-state index in [2.05, 4.69) is 0 Å². The van der Waals surface area contributed by atoms with Crippen molar-refractivity contribution in [1.82, 2.24) is 4.90 Å². The maximum atomic E-state index is 13.8. The summed E-state index contributed by atoms with van der Waals surface area (Å²) in [5.74, 6) is -1.18. The summed E-state index contributed by atoms with van der Waals surface area (Å²) in [4.78, 5) is 14.3. The molecule has 3 N–H and O–H groups in total. The quantitative estimate of drug-likeness (QED) is 0.604. The Bertz CT molecular complexity index is 608. The molecule has 1 aromatic carbocycles. The van der Waals surface area contributed by atoms with Crippen molar-refractivity contribution in [3.63, 3.8) is 0 Å². The molecule has 1 aliphatic rings. The van der Waals surface area contributed by atoms with Crippen molar-refractivity contribution in [2.45, 2.75) is 32.8 Å². The molecule has 0 radical (unpaired) electrons. The molecule has 1 atom stereocenters. The number of nitrogens with zero attached hydrogens (tertiary/aromatic N) is 1. The normalized spacial score (nSPS) is 21.5. The van der Waals surface area contributed by atoms with Crippen molar-refractivity contribution < 1.29 is 14.3 Å². The fourth-order valence-corrected chi connectivity index (χ4v) is 3.26. The van der Waals surface area contributed by atoms with E-state index >= 15 is 0 Å². The van der Waals surface area contributed by atoms with Crippen LogP contribution in [0.15, 0.2) is 6.07 Å². The number of amides is 1. The fourth-order valence-electron chi connectivity index (χ4n) is 2.83. The van der Waals surface area contributed by atoms with Crippen molar-refractivity contribution in [3.05, 3.63) is 27.5 Å². The molecule has 122 valence electrons. The zero-order valence-corrected chi connectivity index (χ0v) is 14.0. The summed E-state index contributed by atoms with van der Waals surface area (Å²) < 4.78 is 13.8. The lowest BCUT2D eigenvalue weighted by Crippen LogP contribution is -2.37. The number of carbonyl (C=O) groups is 1. The lowest BCUT2D eigenvalue weighted by atomic mass is 9.87. The van der Waals surface area contributed by atoms with Crippen LogP contribution in [0.4, 0.5) is 10.1 Å². The summed E-state index contributed by atoms with van der Waals surface area (Å²) in [7, 11) is 0. The molecule has 0 bridgehead atoms. The minimum Gasteiger partial charge on any atom is -0.396 e. The number of likely N-dealkylation sites (tertiary alicyclic amines) is 1. The molecule has 1 aliphatic heterocycles. The summed E-state index contributed by atoms with van der Waals surface area (Å²) in [6.07, 6.45) is 0.607. The monoisotopic (exact) mass is 348 g/mol. The Morgan fingerprint density at radius 2 is 2.09 bits per heavy atom. The van der Waals surface area contributed by atoms with Crippen LogP contribution in [-0.2, 0) is 0 Å². The van der Waals surface area contributed by atoms with Crippen molar-refractivity contribution in [2.75, 3.05) is 18.8 Å². The van der Waals surface area contributed by atoms with Gasteiger partial charge in [-0.2, -0.15) is 0 Å².